The van der Waals surface area contributed by atoms with Crippen LogP contribution in [0.4, 0.5) is 4.39 Å². The average molecular weight is 265 g/mol. The lowest BCUT2D eigenvalue weighted by atomic mass is 9.98. The highest BCUT2D eigenvalue weighted by atomic mass is 35.5. The second kappa shape index (κ2) is 5.09. The molecule has 1 unspecified atom stereocenters. The summed E-state index contributed by atoms with van der Waals surface area (Å²) < 4.78 is 13.7. The summed E-state index contributed by atoms with van der Waals surface area (Å²) >= 11 is 5.70. The molecule has 1 nitrogen and oxygen atoms in total. The van der Waals surface area contributed by atoms with E-state index >= 15 is 0 Å². The smallest absolute Gasteiger partial charge is 0.130 e. The number of aliphatic hydroxyl groups is 1. The number of rotatable bonds is 2. The van der Waals surface area contributed by atoms with Crippen LogP contribution in [0.5, 0.6) is 0 Å². The van der Waals surface area contributed by atoms with E-state index in [1.807, 2.05) is 32.0 Å². The van der Waals surface area contributed by atoms with Gasteiger partial charge in [-0.25, -0.2) is 4.39 Å². The largest absolute Gasteiger partial charge is 0.384 e. The van der Waals surface area contributed by atoms with Crippen molar-refractivity contribution in [3.05, 3.63) is 69.5 Å². The van der Waals surface area contributed by atoms with E-state index in [-0.39, 0.29) is 5.56 Å². The van der Waals surface area contributed by atoms with Gasteiger partial charge in [-0.2, -0.15) is 0 Å². The zero-order valence-corrected chi connectivity index (χ0v) is 11.0. The number of hydrogen-bond donors (Lipinski definition) is 1. The Hall–Kier alpha value is -1.38. The Morgan fingerprint density at radius 1 is 1.06 bits per heavy atom. The lowest BCUT2D eigenvalue weighted by Crippen LogP contribution is -2.03. The van der Waals surface area contributed by atoms with Gasteiger partial charge in [0.2, 0.25) is 0 Å². The lowest BCUT2D eigenvalue weighted by Gasteiger charge is -2.14. The quantitative estimate of drug-likeness (QED) is 0.863. The fourth-order valence-corrected chi connectivity index (χ4v) is 2.23. The highest BCUT2D eigenvalue weighted by Crippen LogP contribution is 2.27. The van der Waals surface area contributed by atoms with E-state index in [1.54, 1.807) is 6.07 Å². The first-order chi connectivity index (χ1) is 8.47. The minimum absolute atomic E-state index is 0.240. The van der Waals surface area contributed by atoms with Crippen LogP contribution in [-0.4, -0.2) is 5.11 Å². The van der Waals surface area contributed by atoms with Crippen molar-refractivity contribution in [2.24, 2.45) is 0 Å². The Labute approximate surface area is 111 Å². The van der Waals surface area contributed by atoms with E-state index in [9.17, 15) is 9.50 Å². The molecule has 2 aromatic rings. The molecule has 0 heterocycles. The molecule has 0 saturated heterocycles. The molecule has 0 aliphatic carbocycles. The Bertz CT molecular complexity index is 560. The predicted octanol–water partition coefficient (Wildman–Crippen LogP) is 4.18. The Morgan fingerprint density at radius 3 is 2.22 bits per heavy atom. The highest BCUT2D eigenvalue weighted by molar-refractivity contribution is 6.30. The molecule has 0 fully saturated rings. The molecule has 0 radical (unpaired) electrons. The molecule has 0 bridgehead atoms. The third-order valence-corrected chi connectivity index (χ3v) is 3.05. The average Bonchev–Trinajstić information content (AvgIpc) is 2.26. The highest BCUT2D eigenvalue weighted by Gasteiger charge is 2.15. The third kappa shape index (κ3) is 2.71. The minimum atomic E-state index is -0.971. The molecular formula is C15H14ClFO. The Balaban J connectivity index is 2.44. The molecule has 1 atom stereocenters. The summed E-state index contributed by atoms with van der Waals surface area (Å²) in [7, 11) is 0. The molecule has 0 spiro atoms. The first kappa shape index (κ1) is 13.1. The second-order valence-corrected chi connectivity index (χ2v) is 4.93. The van der Waals surface area contributed by atoms with E-state index in [4.69, 9.17) is 11.6 Å². The van der Waals surface area contributed by atoms with Gasteiger partial charge in [0.1, 0.15) is 11.9 Å². The number of hydrogen-bond acceptors (Lipinski definition) is 1. The van der Waals surface area contributed by atoms with Gasteiger partial charge in [0.05, 0.1) is 0 Å². The monoisotopic (exact) mass is 264 g/mol. The number of aliphatic hydroxyl groups excluding tert-OH is 1. The van der Waals surface area contributed by atoms with Crippen LogP contribution in [0, 0.1) is 19.7 Å². The van der Waals surface area contributed by atoms with Gasteiger partial charge in [-0.3, -0.25) is 0 Å². The van der Waals surface area contributed by atoms with Crippen molar-refractivity contribution in [3.8, 4) is 0 Å². The SMILES string of the molecule is Cc1cc(C)cc(C(O)c2ccc(Cl)cc2F)c1. The van der Waals surface area contributed by atoms with Crippen LogP contribution < -0.4 is 0 Å². The van der Waals surface area contributed by atoms with Gasteiger partial charge >= 0.3 is 0 Å². The fourth-order valence-electron chi connectivity index (χ4n) is 2.07. The van der Waals surface area contributed by atoms with Crippen molar-refractivity contribution in [2.45, 2.75) is 20.0 Å². The molecule has 0 saturated carbocycles. The van der Waals surface area contributed by atoms with Crippen LogP contribution in [0.25, 0.3) is 0 Å². The summed E-state index contributed by atoms with van der Waals surface area (Å²) in [6.07, 6.45) is -0.971. The summed E-state index contributed by atoms with van der Waals surface area (Å²) in [6, 6.07) is 10.0. The van der Waals surface area contributed by atoms with Crippen molar-refractivity contribution in [3.63, 3.8) is 0 Å². The lowest BCUT2D eigenvalue weighted by molar-refractivity contribution is 0.215. The summed E-state index contributed by atoms with van der Waals surface area (Å²) in [5.41, 5.74) is 3.01. The van der Waals surface area contributed by atoms with Crippen molar-refractivity contribution < 1.29 is 9.50 Å². The van der Waals surface area contributed by atoms with E-state index < -0.39 is 11.9 Å². The third-order valence-electron chi connectivity index (χ3n) is 2.82. The van der Waals surface area contributed by atoms with E-state index in [0.717, 1.165) is 11.1 Å². The van der Waals surface area contributed by atoms with Crippen LogP contribution in [0.3, 0.4) is 0 Å². The molecule has 2 aromatic carbocycles. The van der Waals surface area contributed by atoms with E-state index in [2.05, 4.69) is 0 Å². The van der Waals surface area contributed by atoms with Crippen molar-refractivity contribution in [1.29, 1.82) is 0 Å². The summed E-state index contributed by atoms with van der Waals surface area (Å²) in [5.74, 6) is -0.492. The molecule has 0 aliphatic rings. The minimum Gasteiger partial charge on any atom is -0.384 e. The second-order valence-electron chi connectivity index (χ2n) is 4.49. The van der Waals surface area contributed by atoms with Gasteiger partial charge in [-0.1, -0.05) is 47.0 Å². The Morgan fingerprint density at radius 2 is 1.67 bits per heavy atom. The first-order valence-corrected chi connectivity index (χ1v) is 6.06. The molecule has 0 aromatic heterocycles. The van der Waals surface area contributed by atoms with Crippen LogP contribution in [0.2, 0.25) is 5.02 Å². The van der Waals surface area contributed by atoms with Crippen LogP contribution in [0.15, 0.2) is 36.4 Å². The molecule has 0 aliphatic heterocycles. The molecule has 1 N–H and O–H groups in total. The topological polar surface area (TPSA) is 20.2 Å². The van der Waals surface area contributed by atoms with Crippen LogP contribution in [0.1, 0.15) is 28.4 Å². The predicted molar refractivity (Wildman–Crippen MR) is 71.4 cm³/mol. The number of halogens is 2. The van der Waals surface area contributed by atoms with Crippen molar-refractivity contribution in [2.75, 3.05) is 0 Å². The molecular weight excluding hydrogens is 251 g/mol. The first-order valence-electron chi connectivity index (χ1n) is 5.68. The van der Waals surface area contributed by atoms with E-state index in [1.165, 1.54) is 12.1 Å². The van der Waals surface area contributed by atoms with Gasteiger partial charge in [0.15, 0.2) is 0 Å². The Kier molecular flexibility index (Phi) is 3.69. The van der Waals surface area contributed by atoms with Gasteiger partial charge in [0.25, 0.3) is 0 Å². The van der Waals surface area contributed by atoms with Crippen molar-refractivity contribution >= 4 is 11.6 Å². The zero-order valence-electron chi connectivity index (χ0n) is 10.2. The van der Waals surface area contributed by atoms with Gasteiger partial charge in [-0.05, 0) is 31.5 Å². The number of aryl methyl sites for hydroxylation is 2. The van der Waals surface area contributed by atoms with E-state index in [0.29, 0.717) is 10.6 Å². The van der Waals surface area contributed by atoms with Gasteiger partial charge < -0.3 is 5.11 Å². The molecule has 0 amide bonds. The maximum absolute atomic E-state index is 13.7. The fraction of sp³-hybridized carbons (Fsp3) is 0.200. The van der Waals surface area contributed by atoms with Crippen LogP contribution >= 0.6 is 11.6 Å². The van der Waals surface area contributed by atoms with Gasteiger partial charge in [-0.15, -0.1) is 0 Å². The summed E-state index contributed by atoms with van der Waals surface area (Å²) in [5, 5.41) is 10.6. The van der Waals surface area contributed by atoms with Crippen molar-refractivity contribution in [1.82, 2.24) is 0 Å². The zero-order chi connectivity index (χ0) is 13.3. The molecule has 3 heteroatoms. The molecule has 2 rings (SSSR count). The standard InChI is InChI=1S/C15H14ClFO/c1-9-5-10(2)7-11(6-9)15(18)13-4-3-12(16)8-14(13)17/h3-8,15,18H,1-2H3. The summed E-state index contributed by atoms with van der Waals surface area (Å²) in [4.78, 5) is 0. The van der Waals surface area contributed by atoms with Gasteiger partial charge in [0, 0.05) is 10.6 Å². The summed E-state index contributed by atoms with van der Waals surface area (Å²) in [6.45, 7) is 3.89. The molecule has 18 heavy (non-hydrogen) atoms. The number of benzene rings is 2. The maximum atomic E-state index is 13.7. The maximum Gasteiger partial charge on any atom is 0.130 e. The molecule has 94 valence electrons. The normalized spacial score (nSPS) is 12.5. The van der Waals surface area contributed by atoms with Crippen LogP contribution in [-0.2, 0) is 0 Å².